The molecule has 0 aromatic carbocycles. The van der Waals surface area contributed by atoms with Crippen molar-refractivity contribution in [1.29, 1.82) is 0 Å². The molecule has 64 valence electrons. The second-order valence-corrected chi connectivity index (χ2v) is 3.59. The fourth-order valence-corrected chi connectivity index (χ4v) is 1.85. The van der Waals surface area contributed by atoms with E-state index in [1.807, 2.05) is 13.8 Å². The summed E-state index contributed by atoms with van der Waals surface area (Å²) in [7, 11) is 0. The highest BCUT2D eigenvalue weighted by atomic mass is 16.7. The molecule has 11 heavy (non-hydrogen) atoms. The predicted molar refractivity (Wildman–Crippen MR) is 38.9 cm³/mol. The fraction of sp³-hybridized carbons (Fsp3) is 1.00. The molecule has 5 unspecified atom stereocenters. The van der Waals surface area contributed by atoms with Crippen LogP contribution >= 0.6 is 0 Å². The van der Waals surface area contributed by atoms with Crippen LogP contribution in [-0.4, -0.2) is 30.2 Å². The molecule has 2 heterocycles. The van der Waals surface area contributed by atoms with E-state index in [0.29, 0.717) is 6.61 Å². The average molecular weight is 158 g/mol. The van der Waals surface area contributed by atoms with Gasteiger partial charge in [0.15, 0.2) is 6.29 Å². The third-order valence-corrected chi connectivity index (χ3v) is 2.83. The third-order valence-electron chi connectivity index (χ3n) is 2.83. The predicted octanol–water partition coefficient (Wildman–Crippen LogP) is 0.375. The molecule has 2 bridgehead atoms. The van der Waals surface area contributed by atoms with Gasteiger partial charge in [-0.1, -0.05) is 13.8 Å². The number of fused-ring (bicyclic) bond motifs is 2. The van der Waals surface area contributed by atoms with Gasteiger partial charge in [0.05, 0.1) is 18.8 Å². The van der Waals surface area contributed by atoms with Crippen LogP contribution in [0, 0.1) is 11.8 Å². The summed E-state index contributed by atoms with van der Waals surface area (Å²) in [5, 5.41) is 9.67. The first-order chi connectivity index (χ1) is 5.20. The van der Waals surface area contributed by atoms with Gasteiger partial charge >= 0.3 is 0 Å². The maximum absolute atomic E-state index is 9.67. The van der Waals surface area contributed by atoms with Crippen LogP contribution in [0.5, 0.6) is 0 Å². The van der Waals surface area contributed by atoms with Gasteiger partial charge in [-0.2, -0.15) is 0 Å². The Morgan fingerprint density at radius 2 is 2.00 bits per heavy atom. The molecule has 2 saturated heterocycles. The van der Waals surface area contributed by atoms with Crippen LogP contribution < -0.4 is 0 Å². The van der Waals surface area contributed by atoms with Crippen molar-refractivity contribution in [2.75, 3.05) is 6.61 Å². The van der Waals surface area contributed by atoms with Crippen LogP contribution in [0.3, 0.4) is 0 Å². The normalized spacial score (nSPS) is 56.5. The summed E-state index contributed by atoms with van der Waals surface area (Å²) in [4.78, 5) is 0. The molecule has 0 aromatic heterocycles. The van der Waals surface area contributed by atoms with Crippen molar-refractivity contribution < 1.29 is 14.6 Å². The lowest BCUT2D eigenvalue weighted by Crippen LogP contribution is -2.44. The molecule has 2 aliphatic rings. The molecule has 5 atom stereocenters. The smallest absolute Gasteiger partial charge is 0.163 e. The van der Waals surface area contributed by atoms with Crippen LogP contribution in [-0.2, 0) is 9.47 Å². The standard InChI is InChI=1S/C8H14O3/c1-4-6-3-10-8(11-6)5(2)7(4)9/h4-9H,3H2,1-2H3. The van der Waals surface area contributed by atoms with Gasteiger partial charge < -0.3 is 14.6 Å². The van der Waals surface area contributed by atoms with Gasteiger partial charge in [-0.3, -0.25) is 0 Å². The summed E-state index contributed by atoms with van der Waals surface area (Å²) in [6.07, 6.45) is -0.307. The number of aliphatic hydroxyl groups is 1. The van der Waals surface area contributed by atoms with Gasteiger partial charge in [-0.05, 0) is 0 Å². The largest absolute Gasteiger partial charge is 0.392 e. The second kappa shape index (κ2) is 2.44. The molecule has 2 rings (SSSR count). The number of aliphatic hydroxyl groups excluding tert-OH is 1. The number of rotatable bonds is 0. The van der Waals surface area contributed by atoms with Gasteiger partial charge in [0.2, 0.25) is 0 Å². The van der Waals surface area contributed by atoms with Crippen LogP contribution in [0.15, 0.2) is 0 Å². The molecule has 1 N–H and O–H groups in total. The highest BCUT2D eigenvalue weighted by molar-refractivity contribution is 4.88. The van der Waals surface area contributed by atoms with Crippen molar-refractivity contribution in [3.05, 3.63) is 0 Å². The first-order valence-corrected chi connectivity index (χ1v) is 4.15. The zero-order valence-electron chi connectivity index (χ0n) is 6.86. The SMILES string of the molecule is CC1C2COC(O2)C(C)C1O. The van der Waals surface area contributed by atoms with Crippen molar-refractivity contribution in [3.63, 3.8) is 0 Å². The van der Waals surface area contributed by atoms with E-state index in [-0.39, 0.29) is 30.3 Å². The zero-order valence-corrected chi connectivity index (χ0v) is 6.86. The quantitative estimate of drug-likeness (QED) is 0.553. The monoisotopic (exact) mass is 158 g/mol. The van der Waals surface area contributed by atoms with E-state index in [4.69, 9.17) is 9.47 Å². The zero-order chi connectivity index (χ0) is 8.01. The van der Waals surface area contributed by atoms with Crippen molar-refractivity contribution in [1.82, 2.24) is 0 Å². The molecular formula is C8H14O3. The minimum Gasteiger partial charge on any atom is -0.392 e. The van der Waals surface area contributed by atoms with Gasteiger partial charge in [-0.25, -0.2) is 0 Å². The Labute approximate surface area is 66.3 Å². The number of hydrogen-bond donors (Lipinski definition) is 1. The van der Waals surface area contributed by atoms with Crippen molar-refractivity contribution in [2.24, 2.45) is 11.8 Å². The molecule has 0 amide bonds. The lowest BCUT2D eigenvalue weighted by molar-refractivity contribution is -0.175. The first-order valence-electron chi connectivity index (χ1n) is 4.15. The van der Waals surface area contributed by atoms with E-state index in [1.54, 1.807) is 0 Å². The molecule has 0 aliphatic carbocycles. The minimum absolute atomic E-state index is 0.115. The molecule has 3 nitrogen and oxygen atoms in total. The summed E-state index contributed by atoms with van der Waals surface area (Å²) in [6, 6.07) is 0. The lowest BCUT2D eigenvalue weighted by Gasteiger charge is -2.34. The van der Waals surface area contributed by atoms with Crippen LogP contribution in [0.1, 0.15) is 13.8 Å². The fourth-order valence-electron chi connectivity index (χ4n) is 1.85. The van der Waals surface area contributed by atoms with E-state index in [0.717, 1.165) is 0 Å². The van der Waals surface area contributed by atoms with Crippen molar-refractivity contribution in [3.8, 4) is 0 Å². The van der Waals surface area contributed by atoms with E-state index in [1.165, 1.54) is 0 Å². The molecule has 2 fully saturated rings. The highest BCUT2D eigenvalue weighted by Gasteiger charge is 2.45. The Morgan fingerprint density at radius 1 is 1.27 bits per heavy atom. The van der Waals surface area contributed by atoms with E-state index < -0.39 is 0 Å². The van der Waals surface area contributed by atoms with Gasteiger partial charge in [0.1, 0.15) is 0 Å². The Bertz CT molecular complexity index is 139. The number of ether oxygens (including phenoxy) is 2. The van der Waals surface area contributed by atoms with Crippen molar-refractivity contribution in [2.45, 2.75) is 32.3 Å². The third kappa shape index (κ3) is 0.991. The Morgan fingerprint density at radius 3 is 2.73 bits per heavy atom. The maximum atomic E-state index is 9.67. The molecule has 2 aliphatic heterocycles. The van der Waals surface area contributed by atoms with E-state index in [9.17, 15) is 5.11 Å². The molecular weight excluding hydrogens is 144 g/mol. The Kier molecular flexibility index (Phi) is 1.67. The minimum atomic E-state index is -0.263. The maximum Gasteiger partial charge on any atom is 0.163 e. The Hall–Kier alpha value is -0.120. The van der Waals surface area contributed by atoms with Crippen molar-refractivity contribution >= 4 is 0 Å². The van der Waals surface area contributed by atoms with Gasteiger partial charge in [0, 0.05) is 11.8 Å². The second-order valence-electron chi connectivity index (χ2n) is 3.59. The summed E-state index contributed by atoms with van der Waals surface area (Å²) in [5.74, 6) is 0.326. The summed E-state index contributed by atoms with van der Waals surface area (Å²) < 4.78 is 10.9. The molecule has 0 saturated carbocycles. The topological polar surface area (TPSA) is 38.7 Å². The van der Waals surface area contributed by atoms with E-state index in [2.05, 4.69) is 0 Å². The Balaban J connectivity index is 2.16. The molecule has 3 heteroatoms. The lowest BCUT2D eigenvalue weighted by atomic mass is 9.88. The molecule has 0 spiro atoms. The molecule has 0 aromatic rings. The van der Waals surface area contributed by atoms with Gasteiger partial charge in [-0.15, -0.1) is 0 Å². The summed E-state index contributed by atoms with van der Waals surface area (Å²) >= 11 is 0. The van der Waals surface area contributed by atoms with Crippen LogP contribution in [0.2, 0.25) is 0 Å². The van der Waals surface area contributed by atoms with E-state index >= 15 is 0 Å². The highest BCUT2D eigenvalue weighted by Crippen LogP contribution is 2.35. The first kappa shape index (κ1) is 7.53. The van der Waals surface area contributed by atoms with Crippen LogP contribution in [0.4, 0.5) is 0 Å². The van der Waals surface area contributed by atoms with Crippen LogP contribution in [0.25, 0.3) is 0 Å². The van der Waals surface area contributed by atoms with Gasteiger partial charge in [0.25, 0.3) is 0 Å². The summed E-state index contributed by atoms with van der Waals surface area (Å²) in [6.45, 7) is 4.62. The number of hydrogen-bond acceptors (Lipinski definition) is 3. The molecule has 0 radical (unpaired) electrons. The average Bonchev–Trinajstić information content (AvgIpc) is 2.44. The summed E-state index contributed by atoms with van der Waals surface area (Å²) in [5.41, 5.74) is 0.